The van der Waals surface area contributed by atoms with Gasteiger partial charge in [-0.15, -0.1) is 0 Å². The van der Waals surface area contributed by atoms with Gasteiger partial charge in [-0.3, -0.25) is 14.4 Å². The topological polar surface area (TPSA) is 89.9 Å². The van der Waals surface area contributed by atoms with E-state index < -0.39 is 12.2 Å². The SMILES string of the molecule is CC(=O)OC[C@]12CC[C@H]3[C@@H](CCC4=CC(=O)C=C[C@@]43C)[C@@H]1CC[C@H]2[C@H](C)[C@H](O)[C@@H]1OC(=O)[C@H](C)[C@H]1C. The fourth-order valence-corrected chi connectivity index (χ4v) is 9.12. The molecule has 4 aliphatic carbocycles. The Morgan fingerprint density at radius 1 is 1.19 bits per heavy atom. The van der Waals surface area contributed by atoms with Crippen LogP contribution in [0, 0.1) is 52.3 Å². The first-order chi connectivity index (χ1) is 17.0. The van der Waals surface area contributed by atoms with E-state index in [0.717, 1.165) is 38.5 Å². The molecule has 1 heterocycles. The Kier molecular flexibility index (Phi) is 6.50. The Morgan fingerprint density at radius 3 is 2.61 bits per heavy atom. The minimum Gasteiger partial charge on any atom is -0.465 e. The van der Waals surface area contributed by atoms with Crippen molar-refractivity contribution in [1.29, 1.82) is 0 Å². The van der Waals surface area contributed by atoms with Crippen LogP contribution in [0.5, 0.6) is 0 Å². The van der Waals surface area contributed by atoms with E-state index in [-0.39, 0.29) is 52.2 Å². The van der Waals surface area contributed by atoms with Crippen LogP contribution >= 0.6 is 0 Å². The van der Waals surface area contributed by atoms with E-state index in [4.69, 9.17) is 9.47 Å². The summed E-state index contributed by atoms with van der Waals surface area (Å²) < 4.78 is 11.4. The van der Waals surface area contributed by atoms with Crippen molar-refractivity contribution in [2.45, 2.75) is 85.4 Å². The second-order valence-corrected chi connectivity index (χ2v) is 12.7. The molecule has 11 atom stereocenters. The molecule has 0 aromatic rings. The lowest BCUT2D eigenvalue weighted by atomic mass is 9.47. The Balaban J connectivity index is 1.44. The van der Waals surface area contributed by atoms with Crippen molar-refractivity contribution in [3.63, 3.8) is 0 Å². The summed E-state index contributed by atoms with van der Waals surface area (Å²) in [6.45, 7) is 10.1. The van der Waals surface area contributed by atoms with E-state index in [9.17, 15) is 19.5 Å². The Morgan fingerprint density at radius 2 is 1.94 bits per heavy atom. The molecule has 36 heavy (non-hydrogen) atoms. The number of hydrogen-bond donors (Lipinski definition) is 1. The summed E-state index contributed by atoms with van der Waals surface area (Å²) >= 11 is 0. The van der Waals surface area contributed by atoms with Crippen LogP contribution in [0.3, 0.4) is 0 Å². The van der Waals surface area contributed by atoms with Gasteiger partial charge in [-0.25, -0.2) is 0 Å². The molecule has 0 aromatic carbocycles. The second kappa shape index (κ2) is 9.11. The maximum Gasteiger partial charge on any atom is 0.309 e. The molecular formula is C30H42O6. The van der Waals surface area contributed by atoms with Crippen LogP contribution in [0.1, 0.15) is 73.1 Å². The molecule has 6 heteroatoms. The van der Waals surface area contributed by atoms with E-state index in [1.807, 2.05) is 19.9 Å². The molecular weight excluding hydrogens is 456 g/mol. The summed E-state index contributed by atoms with van der Waals surface area (Å²) in [7, 11) is 0. The number of ketones is 1. The molecule has 0 spiro atoms. The summed E-state index contributed by atoms with van der Waals surface area (Å²) in [6, 6.07) is 0. The van der Waals surface area contributed by atoms with Crippen LogP contribution < -0.4 is 0 Å². The lowest BCUT2D eigenvalue weighted by Crippen LogP contribution is -2.54. The van der Waals surface area contributed by atoms with Crippen molar-refractivity contribution in [1.82, 2.24) is 0 Å². The number of carbonyl (C=O) groups excluding carboxylic acids is 3. The first-order valence-corrected chi connectivity index (χ1v) is 14.0. The summed E-state index contributed by atoms with van der Waals surface area (Å²) in [5.41, 5.74) is 1.00. The zero-order valence-electron chi connectivity index (χ0n) is 22.4. The molecule has 6 nitrogen and oxygen atoms in total. The van der Waals surface area contributed by atoms with Gasteiger partial charge in [0.05, 0.1) is 18.6 Å². The number of rotatable bonds is 5. The van der Waals surface area contributed by atoms with Gasteiger partial charge in [0, 0.05) is 23.7 Å². The predicted molar refractivity (Wildman–Crippen MR) is 134 cm³/mol. The zero-order chi connectivity index (χ0) is 26.0. The molecule has 5 aliphatic rings. The number of ether oxygens (including phenoxy) is 2. The maximum absolute atomic E-state index is 12.2. The highest BCUT2D eigenvalue weighted by Gasteiger charge is 2.62. The lowest BCUT2D eigenvalue weighted by molar-refractivity contribution is -0.160. The van der Waals surface area contributed by atoms with Crippen LogP contribution in [0.25, 0.3) is 0 Å². The third-order valence-corrected chi connectivity index (χ3v) is 11.3. The largest absolute Gasteiger partial charge is 0.465 e. The van der Waals surface area contributed by atoms with Crippen LogP contribution in [-0.4, -0.2) is 41.6 Å². The molecule has 5 rings (SSSR count). The molecule has 1 aliphatic heterocycles. The van der Waals surface area contributed by atoms with Crippen molar-refractivity contribution >= 4 is 17.7 Å². The van der Waals surface area contributed by atoms with Crippen molar-refractivity contribution in [3.8, 4) is 0 Å². The number of hydrogen-bond acceptors (Lipinski definition) is 6. The predicted octanol–water partition coefficient (Wildman–Crippen LogP) is 4.65. The van der Waals surface area contributed by atoms with Gasteiger partial charge in [-0.2, -0.15) is 0 Å². The Bertz CT molecular complexity index is 997. The molecule has 3 saturated carbocycles. The van der Waals surface area contributed by atoms with Crippen LogP contribution in [-0.2, 0) is 23.9 Å². The molecule has 0 bridgehead atoms. The number of allylic oxidation sites excluding steroid dienone is 4. The number of carbonyl (C=O) groups is 3. The smallest absolute Gasteiger partial charge is 0.309 e. The van der Waals surface area contributed by atoms with Crippen molar-refractivity contribution < 1.29 is 29.0 Å². The van der Waals surface area contributed by atoms with Crippen molar-refractivity contribution in [3.05, 3.63) is 23.8 Å². The van der Waals surface area contributed by atoms with E-state index in [0.29, 0.717) is 24.4 Å². The van der Waals surface area contributed by atoms with Gasteiger partial charge in [0.25, 0.3) is 0 Å². The van der Waals surface area contributed by atoms with Gasteiger partial charge >= 0.3 is 11.9 Å². The van der Waals surface area contributed by atoms with Crippen LogP contribution in [0.15, 0.2) is 23.8 Å². The van der Waals surface area contributed by atoms with Gasteiger partial charge < -0.3 is 14.6 Å². The average Bonchev–Trinajstić information content (AvgIpc) is 3.35. The highest BCUT2D eigenvalue weighted by Crippen LogP contribution is 2.67. The quantitative estimate of drug-likeness (QED) is 0.555. The minimum absolute atomic E-state index is 0.0309. The van der Waals surface area contributed by atoms with Gasteiger partial charge in [-0.05, 0) is 80.3 Å². The van der Waals surface area contributed by atoms with E-state index in [1.165, 1.54) is 12.5 Å². The fourth-order valence-electron chi connectivity index (χ4n) is 9.12. The zero-order valence-corrected chi connectivity index (χ0v) is 22.4. The van der Waals surface area contributed by atoms with E-state index in [1.54, 1.807) is 6.08 Å². The third-order valence-electron chi connectivity index (χ3n) is 11.3. The highest BCUT2D eigenvalue weighted by molar-refractivity contribution is 6.01. The highest BCUT2D eigenvalue weighted by atomic mass is 16.6. The Hall–Kier alpha value is -1.95. The molecule has 0 radical (unpaired) electrons. The van der Waals surface area contributed by atoms with Crippen molar-refractivity contribution in [2.75, 3.05) is 6.61 Å². The molecule has 0 aromatic heterocycles. The molecule has 198 valence electrons. The summed E-state index contributed by atoms with van der Waals surface area (Å²) in [6.07, 6.45) is 10.5. The molecule has 0 amide bonds. The van der Waals surface area contributed by atoms with Gasteiger partial charge in [0.1, 0.15) is 6.10 Å². The summed E-state index contributed by atoms with van der Waals surface area (Å²) in [5, 5.41) is 11.5. The van der Waals surface area contributed by atoms with Crippen LogP contribution in [0.4, 0.5) is 0 Å². The third kappa shape index (κ3) is 3.81. The Labute approximate surface area is 214 Å². The first kappa shape index (κ1) is 25.7. The molecule has 1 saturated heterocycles. The number of esters is 2. The number of aliphatic hydroxyl groups is 1. The summed E-state index contributed by atoms with van der Waals surface area (Å²) in [5.74, 6) is 0.850. The minimum atomic E-state index is -0.740. The number of cyclic esters (lactones) is 1. The fraction of sp³-hybridized carbons (Fsp3) is 0.767. The van der Waals surface area contributed by atoms with Crippen molar-refractivity contribution in [2.24, 2.45) is 52.3 Å². The molecule has 1 N–H and O–H groups in total. The second-order valence-electron chi connectivity index (χ2n) is 12.7. The molecule has 4 fully saturated rings. The standard InChI is InChI=1S/C30H42O6/c1-16-17(2)28(34)36-27(16)26(33)18(3)23-8-9-25-22-7-6-20-14-21(32)10-12-29(20,5)24(22)11-13-30(23,25)15-35-19(4)31/h10,12,14,16-18,22-27,33H,6-9,11,13,15H2,1-5H3/t16-,17-,18+,22-,23+,24+,25+,26+,27-,29+,30+/m1/s1. The lowest BCUT2D eigenvalue weighted by Gasteiger charge is -2.58. The van der Waals surface area contributed by atoms with Gasteiger partial charge in [0.15, 0.2) is 5.78 Å². The summed E-state index contributed by atoms with van der Waals surface area (Å²) in [4.78, 5) is 36.3. The average molecular weight is 499 g/mol. The van der Waals surface area contributed by atoms with Crippen LogP contribution in [0.2, 0.25) is 0 Å². The van der Waals surface area contributed by atoms with E-state index >= 15 is 0 Å². The van der Waals surface area contributed by atoms with Gasteiger partial charge in [0.2, 0.25) is 0 Å². The van der Waals surface area contributed by atoms with Gasteiger partial charge in [-0.1, -0.05) is 39.3 Å². The molecule has 0 unspecified atom stereocenters. The number of fused-ring (bicyclic) bond motifs is 5. The number of aliphatic hydroxyl groups excluding tert-OH is 1. The first-order valence-electron chi connectivity index (χ1n) is 14.0. The van der Waals surface area contributed by atoms with E-state index in [2.05, 4.69) is 19.9 Å². The normalized spacial score (nSPS) is 45.2. The monoisotopic (exact) mass is 498 g/mol. The maximum atomic E-state index is 12.2.